The molecule has 1 fully saturated rings. The van der Waals surface area contributed by atoms with Gasteiger partial charge in [-0.05, 0) is 30.9 Å². The Morgan fingerprint density at radius 1 is 1.38 bits per heavy atom. The summed E-state index contributed by atoms with van der Waals surface area (Å²) in [6.07, 6.45) is 2.45. The smallest absolute Gasteiger partial charge is 0.188 e. The molecule has 0 atom stereocenters. The van der Waals surface area contributed by atoms with Crippen molar-refractivity contribution in [2.75, 3.05) is 13.2 Å². The van der Waals surface area contributed by atoms with Crippen molar-refractivity contribution < 1.29 is 9.53 Å². The SMILES string of the molecule is N#Cc1ccc(C(=O)COCC2CC2)cc1. The van der Waals surface area contributed by atoms with Gasteiger partial charge >= 0.3 is 0 Å². The average Bonchev–Trinajstić information content (AvgIpc) is 3.13. The molecule has 0 N–H and O–H groups in total. The largest absolute Gasteiger partial charge is 0.373 e. The van der Waals surface area contributed by atoms with Crippen LogP contribution in [0.1, 0.15) is 28.8 Å². The van der Waals surface area contributed by atoms with Crippen LogP contribution in [0.2, 0.25) is 0 Å². The van der Waals surface area contributed by atoms with Crippen molar-refractivity contribution in [3.63, 3.8) is 0 Å². The molecule has 1 aromatic rings. The van der Waals surface area contributed by atoms with E-state index in [-0.39, 0.29) is 12.4 Å². The summed E-state index contributed by atoms with van der Waals surface area (Å²) in [4.78, 5) is 11.6. The summed E-state index contributed by atoms with van der Waals surface area (Å²) >= 11 is 0. The van der Waals surface area contributed by atoms with Gasteiger partial charge in [0, 0.05) is 5.56 Å². The lowest BCUT2D eigenvalue weighted by Gasteiger charge is -2.02. The summed E-state index contributed by atoms with van der Waals surface area (Å²) in [6.45, 7) is 0.838. The number of ether oxygens (including phenoxy) is 1. The minimum Gasteiger partial charge on any atom is -0.373 e. The number of rotatable bonds is 5. The van der Waals surface area contributed by atoms with Crippen LogP contribution in [0, 0.1) is 17.2 Å². The van der Waals surface area contributed by atoms with Gasteiger partial charge in [-0.2, -0.15) is 5.26 Å². The Morgan fingerprint density at radius 3 is 2.62 bits per heavy atom. The second-order valence-electron chi connectivity index (χ2n) is 4.07. The van der Waals surface area contributed by atoms with Crippen LogP contribution >= 0.6 is 0 Å². The number of carbonyl (C=O) groups excluding carboxylic acids is 1. The molecule has 1 saturated carbocycles. The molecule has 0 aromatic heterocycles. The maximum Gasteiger partial charge on any atom is 0.188 e. The third kappa shape index (κ3) is 2.91. The lowest BCUT2D eigenvalue weighted by atomic mass is 10.1. The third-order valence-corrected chi connectivity index (χ3v) is 2.62. The standard InChI is InChI=1S/C13H13NO2/c14-7-10-3-5-12(6-4-10)13(15)9-16-8-11-1-2-11/h3-6,11H,1-2,8-9H2. The van der Waals surface area contributed by atoms with Crippen LogP contribution in [0.4, 0.5) is 0 Å². The van der Waals surface area contributed by atoms with Gasteiger partial charge in [-0.3, -0.25) is 4.79 Å². The molecule has 3 nitrogen and oxygen atoms in total. The van der Waals surface area contributed by atoms with Crippen LogP contribution in [-0.2, 0) is 4.74 Å². The van der Waals surface area contributed by atoms with E-state index in [1.807, 2.05) is 6.07 Å². The number of nitriles is 1. The molecule has 0 saturated heterocycles. The van der Waals surface area contributed by atoms with Crippen molar-refractivity contribution in [1.29, 1.82) is 5.26 Å². The summed E-state index contributed by atoms with van der Waals surface area (Å²) < 4.78 is 5.32. The molecule has 0 radical (unpaired) electrons. The second-order valence-corrected chi connectivity index (χ2v) is 4.07. The Kier molecular flexibility index (Phi) is 3.33. The van der Waals surface area contributed by atoms with Gasteiger partial charge < -0.3 is 4.74 Å². The highest BCUT2D eigenvalue weighted by Gasteiger charge is 2.21. The zero-order chi connectivity index (χ0) is 11.4. The summed E-state index contributed by atoms with van der Waals surface area (Å²) in [7, 11) is 0. The Hall–Kier alpha value is -1.66. The molecule has 1 aromatic carbocycles. The normalized spacial score (nSPS) is 14.4. The molecule has 3 heteroatoms. The van der Waals surface area contributed by atoms with Gasteiger partial charge in [0.05, 0.1) is 18.2 Å². The highest BCUT2D eigenvalue weighted by atomic mass is 16.5. The number of hydrogen-bond acceptors (Lipinski definition) is 3. The molecule has 2 rings (SSSR count). The van der Waals surface area contributed by atoms with E-state index < -0.39 is 0 Å². The number of nitrogens with zero attached hydrogens (tertiary/aromatic N) is 1. The van der Waals surface area contributed by atoms with E-state index in [0.717, 1.165) is 0 Å². The maximum atomic E-state index is 11.6. The van der Waals surface area contributed by atoms with Crippen molar-refractivity contribution in [2.24, 2.45) is 5.92 Å². The van der Waals surface area contributed by atoms with E-state index in [9.17, 15) is 4.79 Å². The Balaban J connectivity index is 1.84. The first-order valence-corrected chi connectivity index (χ1v) is 5.40. The van der Waals surface area contributed by atoms with Crippen LogP contribution in [-0.4, -0.2) is 19.0 Å². The Morgan fingerprint density at radius 2 is 2.06 bits per heavy atom. The van der Waals surface area contributed by atoms with Crippen LogP contribution in [0.5, 0.6) is 0 Å². The fourth-order valence-corrected chi connectivity index (χ4v) is 1.42. The van der Waals surface area contributed by atoms with Gasteiger partial charge in [0.1, 0.15) is 6.61 Å². The van der Waals surface area contributed by atoms with E-state index in [0.29, 0.717) is 23.7 Å². The van der Waals surface area contributed by atoms with Crippen molar-refractivity contribution in [1.82, 2.24) is 0 Å². The second kappa shape index (κ2) is 4.91. The third-order valence-electron chi connectivity index (χ3n) is 2.62. The molecule has 0 unspecified atom stereocenters. The van der Waals surface area contributed by atoms with E-state index >= 15 is 0 Å². The predicted molar refractivity (Wildman–Crippen MR) is 59.0 cm³/mol. The van der Waals surface area contributed by atoms with Crippen molar-refractivity contribution in [3.05, 3.63) is 35.4 Å². The van der Waals surface area contributed by atoms with Gasteiger partial charge in [0.15, 0.2) is 5.78 Å². The quantitative estimate of drug-likeness (QED) is 0.707. The first-order chi connectivity index (χ1) is 7.79. The predicted octanol–water partition coefficient (Wildman–Crippen LogP) is 2.17. The lowest BCUT2D eigenvalue weighted by Crippen LogP contribution is -2.10. The molecule has 82 valence electrons. The van der Waals surface area contributed by atoms with Gasteiger partial charge in [0.2, 0.25) is 0 Å². The van der Waals surface area contributed by atoms with Crippen molar-refractivity contribution in [3.8, 4) is 6.07 Å². The molecular formula is C13H13NO2. The van der Waals surface area contributed by atoms with E-state index in [1.54, 1.807) is 24.3 Å². The van der Waals surface area contributed by atoms with Crippen LogP contribution < -0.4 is 0 Å². The molecular weight excluding hydrogens is 202 g/mol. The Bertz CT molecular complexity index is 413. The highest BCUT2D eigenvalue weighted by molar-refractivity contribution is 5.97. The minimum absolute atomic E-state index is 0.0230. The zero-order valence-electron chi connectivity index (χ0n) is 8.98. The highest BCUT2D eigenvalue weighted by Crippen LogP contribution is 2.28. The molecule has 0 heterocycles. The molecule has 0 bridgehead atoms. The topological polar surface area (TPSA) is 50.1 Å². The number of carbonyl (C=O) groups is 1. The summed E-state index contributed by atoms with van der Waals surface area (Å²) in [5.74, 6) is 0.652. The van der Waals surface area contributed by atoms with Gasteiger partial charge in [0.25, 0.3) is 0 Å². The molecule has 1 aliphatic carbocycles. The first kappa shape index (κ1) is 10.8. The molecule has 1 aliphatic rings. The number of ketones is 1. The minimum atomic E-state index is -0.0230. The summed E-state index contributed by atoms with van der Waals surface area (Å²) in [5, 5.41) is 8.62. The average molecular weight is 215 g/mol. The maximum absolute atomic E-state index is 11.6. The van der Waals surface area contributed by atoms with E-state index in [2.05, 4.69) is 0 Å². The first-order valence-electron chi connectivity index (χ1n) is 5.40. The van der Waals surface area contributed by atoms with Crippen LogP contribution in [0.3, 0.4) is 0 Å². The summed E-state index contributed by atoms with van der Waals surface area (Å²) in [5.41, 5.74) is 1.17. The molecule has 16 heavy (non-hydrogen) atoms. The summed E-state index contributed by atoms with van der Waals surface area (Å²) in [6, 6.07) is 8.65. The van der Waals surface area contributed by atoms with Crippen LogP contribution in [0.25, 0.3) is 0 Å². The van der Waals surface area contributed by atoms with Gasteiger partial charge in [-0.15, -0.1) is 0 Å². The van der Waals surface area contributed by atoms with Crippen LogP contribution in [0.15, 0.2) is 24.3 Å². The molecule has 0 amide bonds. The van der Waals surface area contributed by atoms with Gasteiger partial charge in [-0.25, -0.2) is 0 Å². The van der Waals surface area contributed by atoms with Crippen molar-refractivity contribution >= 4 is 5.78 Å². The monoisotopic (exact) mass is 215 g/mol. The molecule has 0 spiro atoms. The zero-order valence-corrected chi connectivity index (χ0v) is 8.98. The number of Topliss-reactive ketones (excluding diaryl/α,β-unsaturated/α-hetero) is 1. The van der Waals surface area contributed by atoms with E-state index in [4.69, 9.17) is 10.00 Å². The number of hydrogen-bond donors (Lipinski definition) is 0. The van der Waals surface area contributed by atoms with Gasteiger partial charge in [-0.1, -0.05) is 12.1 Å². The Labute approximate surface area is 94.6 Å². The van der Waals surface area contributed by atoms with E-state index in [1.165, 1.54) is 12.8 Å². The number of benzene rings is 1. The molecule has 0 aliphatic heterocycles. The van der Waals surface area contributed by atoms with Crippen molar-refractivity contribution in [2.45, 2.75) is 12.8 Å². The fraction of sp³-hybridized carbons (Fsp3) is 0.385. The lowest BCUT2D eigenvalue weighted by molar-refractivity contribution is 0.0740. The fourth-order valence-electron chi connectivity index (χ4n) is 1.42.